The summed E-state index contributed by atoms with van der Waals surface area (Å²) in [6.45, 7) is 6.14. The summed E-state index contributed by atoms with van der Waals surface area (Å²) in [5, 5.41) is 0.841. The van der Waals surface area contributed by atoms with Gasteiger partial charge in [-0.2, -0.15) is 0 Å². The lowest BCUT2D eigenvalue weighted by Crippen LogP contribution is -1.98. The quantitative estimate of drug-likeness (QED) is 0.569. The first-order valence-corrected chi connectivity index (χ1v) is 5.24. The van der Waals surface area contributed by atoms with Crippen LogP contribution in [0, 0.1) is 13.8 Å². The van der Waals surface area contributed by atoms with Crippen LogP contribution in [0.3, 0.4) is 0 Å². The fourth-order valence-corrected chi connectivity index (χ4v) is 1.72. The van der Waals surface area contributed by atoms with Crippen molar-refractivity contribution in [2.24, 2.45) is 0 Å². The molecular formula is C10H13NO2S. The van der Waals surface area contributed by atoms with Gasteiger partial charge in [0, 0.05) is 11.0 Å². The minimum atomic E-state index is -0.321. The monoisotopic (exact) mass is 211 g/mol. The number of ether oxygens (including phenoxy) is 1. The fourth-order valence-electron chi connectivity index (χ4n) is 0.899. The molecule has 3 nitrogen and oxygen atoms in total. The molecule has 0 bridgehead atoms. The summed E-state index contributed by atoms with van der Waals surface area (Å²) < 4.78 is 4.75. The second-order valence-corrected chi connectivity index (χ2v) is 4.01. The second-order valence-electron chi connectivity index (χ2n) is 2.78. The van der Waals surface area contributed by atoms with E-state index in [1.807, 2.05) is 13.8 Å². The Balaban J connectivity index is 2.64. The molecule has 0 atom stereocenters. The number of carbonyl (C=O) groups excluding carboxylic acids is 1. The van der Waals surface area contributed by atoms with E-state index in [2.05, 4.69) is 4.98 Å². The SMILES string of the molecule is CCOC(=O)/C=C/c1nc(C)c(C)s1. The zero-order chi connectivity index (χ0) is 10.6. The molecule has 0 aliphatic rings. The van der Waals surface area contributed by atoms with Crippen LogP contribution in [0.2, 0.25) is 0 Å². The number of hydrogen-bond acceptors (Lipinski definition) is 4. The number of hydrogen-bond donors (Lipinski definition) is 0. The molecule has 4 heteroatoms. The zero-order valence-electron chi connectivity index (χ0n) is 8.53. The van der Waals surface area contributed by atoms with E-state index in [0.717, 1.165) is 10.7 Å². The lowest BCUT2D eigenvalue weighted by molar-refractivity contribution is -0.137. The van der Waals surface area contributed by atoms with Crippen molar-refractivity contribution < 1.29 is 9.53 Å². The van der Waals surface area contributed by atoms with Gasteiger partial charge in [-0.15, -0.1) is 11.3 Å². The summed E-state index contributed by atoms with van der Waals surface area (Å²) in [7, 11) is 0. The van der Waals surface area contributed by atoms with Crippen LogP contribution in [0.25, 0.3) is 6.08 Å². The van der Waals surface area contributed by atoms with Gasteiger partial charge < -0.3 is 4.74 Å². The molecule has 0 N–H and O–H groups in total. The van der Waals surface area contributed by atoms with Crippen LogP contribution in [-0.2, 0) is 9.53 Å². The summed E-state index contributed by atoms with van der Waals surface area (Å²) in [6, 6.07) is 0. The Morgan fingerprint density at radius 2 is 2.29 bits per heavy atom. The van der Waals surface area contributed by atoms with Gasteiger partial charge in [0.1, 0.15) is 5.01 Å². The van der Waals surface area contributed by atoms with Crippen LogP contribution >= 0.6 is 11.3 Å². The molecule has 1 heterocycles. The van der Waals surface area contributed by atoms with Gasteiger partial charge in [0.15, 0.2) is 0 Å². The van der Waals surface area contributed by atoms with E-state index in [1.54, 1.807) is 24.3 Å². The summed E-state index contributed by atoms with van der Waals surface area (Å²) in [4.78, 5) is 16.4. The summed E-state index contributed by atoms with van der Waals surface area (Å²) in [5.41, 5.74) is 1.01. The van der Waals surface area contributed by atoms with Crippen LogP contribution in [0.15, 0.2) is 6.08 Å². The topological polar surface area (TPSA) is 39.2 Å². The van der Waals surface area contributed by atoms with Crippen molar-refractivity contribution in [2.75, 3.05) is 6.61 Å². The molecule has 1 rings (SSSR count). The molecule has 0 aliphatic heterocycles. The summed E-state index contributed by atoms with van der Waals surface area (Å²) >= 11 is 1.57. The Bertz CT molecular complexity index is 336. The van der Waals surface area contributed by atoms with Crippen LogP contribution < -0.4 is 0 Å². The smallest absolute Gasteiger partial charge is 0.330 e. The summed E-state index contributed by atoms with van der Waals surface area (Å²) in [5.74, 6) is -0.321. The number of esters is 1. The van der Waals surface area contributed by atoms with Gasteiger partial charge in [-0.05, 0) is 26.8 Å². The van der Waals surface area contributed by atoms with Crippen molar-refractivity contribution in [1.29, 1.82) is 0 Å². The number of rotatable bonds is 3. The highest BCUT2D eigenvalue weighted by Crippen LogP contribution is 2.17. The van der Waals surface area contributed by atoms with Gasteiger partial charge in [0.25, 0.3) is 0 Å². The fraction of sp³-hybridized carbons (Fsp3) is 0.400. The van der Waals surface area contributed by atoms with Crippen molar-refractivity contribution in [3.8, 4) is 0 Å². The van der Waals surface area contributed by atoms with Crippen molar-refractivity contribution in [2.45, 2.75) is 20.8 Å². The molecule has 0 saturated carbocycles. The van der Waals surface area contributed by atoms with E-state index >= 15 is 0 Å². The minimum Gasteiger partial charge on any atom is -0.463 e. The van der Waals surface area contributed by atoms with Crippen LogP contribution in [-0.4, -0.2) is 17.6 Å². The van der Waals surface area contributed by atoms with Gasteiger partial charge in [-0.3, -0.25) is 0 Å². The molecule has 0 spiro atoms. The Morgan fingerprint density at radius 1 is 1.57 bits per heavy atom. The van der Waals surface area contributed by atoms with Gasteiger partial charge in [0.05, 0.1) is 12.3 Å². The van der Waals surface area contributed by atoms with Crippen LogP contribution in [0.5, 0.6) is 0 Å². The Labute approximate surface area is 87.4 Å². The number of nitrogens with zero attached hydrogens (tertiary/aromatic N) is 1. The van der Waals surface area contributed by atoms with Crippen molar-refractivity contribution in [3.63, 3.8) is 0 Å². The lowest BCUT2D eigenvalue weighted by Gasteiger charge is -1.92. The summed E-state index contributed by atoms with van der Waals surface area (Å²) in [6.07, 6.45) is 3.09. The number of aromatic nitrogens is 1. The largest absolute Gasteiger partial charge is 0.463 e. The number of thiazole rings is 1. The maximum absolute atomic E-state index is 11.0. The van der Waals surface area contributed by atoms with E-state index in [0.29, 0.717) is 6.61 Å². The molecule has 1 aromatic heterocycles. The predicted molar refractivity (Wildman–Crippen MR) is 57.3 cm³/mol. The van der Waals surface area contributed by atoms with E-state index in [4.69, 9.17) is 4.74 Å². The molecule has 0 unspecified atom stereocenters. The molecule has 0 radical (unpaired) electrons. The van der Waals surface area contributed by atoms with Gasteiger partial charge in [-0.1, -0.05) is 0 Å². The molecule has 76 valence electrons. The Hall–Kier alpha value is -1.16. The van der Waals surface area contributed by atoms with Crippen molar-refractivity contribution >= 4 is 23.4 Å². The molecular weight excluding hydrogens is 198 g/mol. The van der Waals surface area contributed by atoms with Crippen LogP contribution in [0.1, 0.15) is 22.5 Å². The highest BCUT2D eigenvalue weighted by molar-refractivity contribution is 7.12. The van der Waals surface area contributed by atoms with Gasteiger partial charge in [-0.25, -0.2) is 9.78 Å². The average molecular weight is 211 g/mol. The van der Waals surface area contributed by atoms with E-state index in [9.17, 15) is 4.79 Å². The molecule has 0 aliphatic carbocycles. The normalized spacial score (nSPS) is 10.8. The third-order valence-electron chi connectivity index (χ3n) is 1.69. The maximum atomic E-state index is 11.0. The highest BCUT2D eigenvalue weighted by atomic mass is 32.1. The Morgan fingerprint density at radius 3 is 2.79 bits per heavy atom. The van der Waals surface area contributed by atoms with Crippen molar-refractivity contribution in [1.82, 2.24) is 4.98 Å². The third kappa shape index (κ3) is 2.96. The molecule has 0 aromatic carbocycles. The van der Waals surface area contributed by atoms with E-state index < -0.39 is 0 Å². The van der Waals surface area contributed by atoms with Crippen molar-refractivity contribution in [3.05, 3.63) is 21.7 Å². The van der Waals surface area contributed by atoms with E-state index in [-0.39, 0.29) is 5.97 Å². The third-order valence-corrected chi connectivity index (χ3v) is 2.73. The minimum absolute atomic E-state index is 0.321. The van der Waals surface area contributed by atoms with Crippen LogP contribution in [0.4, 0.5) is 0 Å². The number of carbonyl (C=O) groups is 1. The molecule has 1 aromatic rings. The molecule has 14 heavy (non-hydrogen) atoms. The molecule has 0 saturated heterocycles. The highest BCUT2D eigenvalue weighted by Gasteiger charge is 2.00. The average Bonchev–Trinajstić information content (AvgIpc) is 2.44. The zero-order valence-corrected chi connectivity index (χ0v) is 9.35. The van der Waals surface area contributed by atoms with Gasteiger partial charge >= 0.3 is 5.97 Å². The van der Waals surface area contributed by atoms with E-state index in [1.165, 1.54) is 11.0 Å². The molecule has 0 amide bonds. The maximum Gasteiger partial charge on any atom is 0.330 e. The second kappa shape index (κ2) is 4.91. The first-order chi connectivity index (χ1) is 6.63. The first-order valence-electron chi connectivity index (χ1n) is 4.42. The predicted octanol–water partition coefficient (Wildman–Crippen LogP) is 2.34. The standard InChI is InChI=1S/C10H13NO2S/c1-4-13-10(12)6-5-9-11-7(2)8(3)14-9/h5-6H,4H2,1-3H3/b6-5+. The number of aryl methyl sites for hydroxylation is 2. The Kier molecular flexibility index (Phi) is 3.83. The lowest BCUT2D eigenvalue weighted by atomic mass is 10.4. The van der Waals surface area contributed by atoms with Gasteiger partial charge in [0.2, 0.25) is 0 Å². The first kappa shape index (κ1) is 10.9. The molecule has 0 fully saturated rings.